The Labute approximate surface area is 299 Å². The van der Waals surface area contributed by atoms with Crippen molar-refractivity contribution in [2.75, 3.05) is 37.5 Å². The van der Waals surface area contributed by atoms with Gasteiger partial charge in [-0.3, -0.25) is 19.0 Å². The van der Waals surface area contributed by atoms with E-state index in [9.17, 15) is 13.8 Å². The van der Waals surface area contributed by atoms with Crippen LogP contribution in [0, 0.1) is 11.8 Å². The molecule has 1 spiro atoms. The molecule has 1 saturated carbocycles. The summed E-state index contributed by atoms with van der Waals surface area (Å²) in [6, 6.07) is 13.4. The molecular weight excluding hydrogens is 674 g/mol. The number of allylic oxidation sites excluding steroid dienone is 1. The highest BCUT2D eigenvalue weighted by atomic mass is 35.5. The van der Waals surface area contributed by atoms with Crippen LogP contribution in [0.1, 0.15) is 72.1 Å². The molecule has 4 aliphatic rings. The molecule has 2 amide bonds. The number of amides is 2. The second-order valence-electron chi connectivity index (χ2n) is 14.3. The molecule has 1 aromatic heterocycles. The van der Waals surface area contributed by atoms with Gasteiger partial charge in [0.15, 0.2) is 0 Å². The van der Waals surface area contributed by atoms with Gasteiger partial charge in [-0.25, -0.2) is 4.21 Å². The molecule has 2 aliphatic carbocycles. The van der Waals surface area contributed by atoms with Crippen LogP contribution in [-0.2, 0) is 44.8 Å². The average molecular weight is 720 g/mol. The van der Waals surface area contributed by atoms with Gasteiger partial charge in [-0.15, -0.1) is 4.36 Å². The molecule has 50 heavy (non-hydrogen) atoms. The number of aromatic nitrogens is 2. The zero-order valence-corrected chi connectivity index (χ0v) is 30.4. The fourth-order valence-electron chi connectivity index (χ4n) is 8.23. The molecule has 3 heterocycles. The van der Waals surface area contributed by atoms with E-state index in [-0.39, 0.29) is 23.7 Å². The number of nitrogens with one attached hydrogen (secondary N) is 1. The highest BCUT2D eigenvalue weighted by molar-refractivity contribution is 7.92. The summed E-state index contributed by atoms with van der Waals surface area (Å²) in [7, 11) is 0.166. The number of benzene rings is 2. The number of hydrogen-bond donors (Lipinski definition) is 1. The number of carbonyl (C=O) groups is 2. The van der Waals surface area contributed by atoms with Crippen LogP contribution in [0.25, 0.3) is 0 Å². The fourth-order valence-corrected chi connectivity index (χ4v) is 10.1. The van der Waals surface area contributed by atoms with Crippen LogP contribution in [0.2, 0.25) is 5.02 Å². The fraction of sp³-hybridized carbons (Fsp3) is 0.500. The monoisotopic (exact) mass is 719 g/mol. The molecule has 2 aromatic carbocycles. The summed E-state index contributed by atoms with van der Waals surface area (Å²) < 4.78 is 35.5. The van der Waals surface area contributed by atoms with Crippen LogP contribution < -0.4 is 14.4 Å². The van der Waals surface area contributed by atoms with Crippen molar-refractivity contribution >= 4 is 39.0 Å². The van der Waals surface area contributed by atoms with Gasteiger partial charge in [0.1, 0.15) is 15.7 Å². The molecule has 5 atom stereocenters. The molecule has 266 valence electrons. The van der Waals surface area contributed by atoms with Crippen LogP contribution in [0.15, 0.2) is 65.2 Å². The first kappa shape index (κ1) is 34.8. The van der Waals surface area contributed by atoms with Gasteiger partial charge in [0.2, 0.25) is 5.91 Å². The molecule has 2 aliphatic heterocycles. The predicted octanol–water partition coefficient (Wildman–Crippen LogP) is 6.21. The largest absolute Gasteiger partial charge is 0.490 e. The van der Waals surface area contributed by atoms with Crippen molar-refractivity contribution in [1.29, 1.82) is 0 Å². The van der Waals surface area contributed by atoms with Crippen LogP contribution in [0.3, 0.4) is 0 Å². The lowest BCUT2D eigenvalue weighted by Gasteiger charge is -2.46. The Bertz CT molecular complexity index is 1920. The molecule has 10 nitrogen and oxygen atoms in total. The van der Waals surface area contributed by atoms with E-state index in [0.717, 1.165) is 61.6 Å². The van der Waals surface area contributed by atoms with E-state index in [1.165, 1.54) is 11.1 Å². The first-order valence-electron chi connectivity index (χ1n) is 17.7. The third-order valence-electron chi connectivity index (χ3n) is 11.1. The van der Waals surface area contributed by atoms with E-state index in [1.54, 1.807) is 24.1 Å². The number of rotatable bonds is 5. The first-order valence-corrected chi connectivity index (χ1v) is 19.8. The third kappa shape index (κ3) is 7.22. The zero-order chi connectivity index (χ0) is 34.9. The van der Waals surface area contributed by atoms with Crippen molar-refractivity contribution < 1.29 is 23.3 Å². The van der Waals surface area contributed by atoms with E-state index >= 15 is 0 Å². The van der Waals surface area contributed by atoms with Gasteiger partial charge < -0.3 is 14.4 Å². The average Bonchev–Trinajstić information content (AvgIpc) is 3.43. The third-order valence-corrected chi connectivity index (χ3v) is 13.1. The molecule has 1 fully saturated rings. The van der Waals surface area contributed by atoms with Gasteiger partial charge >= 0.3 is 0 Å². The Kier molecular flexibility index (Phi) is 10.1. The molecule has 12 heteroatoms. The molecule has 0 radical (unpaired) electrons. The first-order chi connectivity index (χ1) is 24.1. The second-order valence-corrected chi connectivity index (χ2v) is 16.8. The summed E-state index contributed by atoms with van der Waals surface area (Å²) in [6.45, 7) is 2.03. The van der Waals surface area contributed by atoms with Crippen LogP contribution >= 0.6 is 11.6 Å². The topological polar surface area (TPSA) is 115 Å². The number of nitrogens with zero attached hydrogens (tertiary/aromatic N) is 4. The zero-order valence-electron chi connectivity index (χ0n) is 28.8. The van der Waals surface area contributed by atoms with E-state index in [4.69, 9.17) is 21.1 Å². The highest BCUT2D eigenvalue weighted by Crippen LogP contribution is 2.47. The Balaban J connectivity index is 1.24. The summed E-state index contributed by atoms with van der Waals surface area (Å²) in [5, 5.41) is 4.90. The van der Waals surface area contributed by atoms with E-state index < -0.39 is 21.7 Å². The van der Waals surface area contributed by atoms with Crippen LogP contribution in [-0.4, -0.2) is 64.5 Å². The van der Waals surface area contributed by atoms with Crippen LogP contribution in [0.5, 0.6) is 5.75 Å². The smallest absolute Gasteiger partial charge is 0.286 e. The molecule has 1 N–H and O–H groups in total. The maximum atomic E-state index is 14.3. The number of ether oxygens (including phenoxy) is 2. The van der Waals surface area contributed by atoms with Crippen molar-refractivity contribution in [1.82, 2.24) is 14.5 Å². The van der Waals surface area contributed by atoms with E-state index in [2.05, 4.69) is 43.4 Å². The number of carbonyl (C=O) groups excluding carboxylic acids is 2. The minimum absolute atomic E-state index is 0.0375. The van der Waals surface area contributed by atoms with Crippen molar-refractivity contribution in [3.8, 4) is 5.75 Å². The molecule has 0 unspecified atom stereocenters. The number of hydrogen-bond acceptors (Lipinski definition) is 7. The molecule has 7 rings (SSSR count). The Morgan fingerprint density at radius 3 is 2.84 bits per heavy atom. The van der Waals surface area contributed by atoms with Crippen molar-refractivity contribution in [2.24, 2.45) is 23.2 Å². The molecular formula is C38H46ClN5O5S. The standard InChI is InChI=1S/C38H46ClN5O5S/c1-43-30(17-19-40-43)12-16-36(45)41-50(47)20-5-3-4-8-34(48-2)31-13-9-28(31)23-44-24-38(18-6-7-26-21-29(39)11-14-32(26)38)25-49-35-15-10-27(22-33(35)44)37(46)42-50/h4,8,10-11,14-15,17,19,21-22,28,31,34H,3,5-7,9,12-13,16,18,20,23-25H2,1-2H3,(H,41,42,45,46,47)/b8-4+/t28-,31+,34-,38-,50-/m0/s1. The predicted molar refractivity (Wildman–Crippen MR) is 195 cm³/mol. The normalized spacial score (nSPS) is 28.7. The van der Waals surface area contributed by atoms with Crippen LogP contribution in [0.4, 0.5) is 5.69 Å². The quantitative estimate of drug-likeness (QED) is 0.312. The summed E-state index contributed by atoms with van der Waals surface area (Å²) >= 11 is 6.45. The number of anilines is 1. The Morgan fingerprint density at radius 1 is 1.18 bits per heavy atom. The maximum Gasteiger partial charge on any atom is 0.286 e. The van der Waals surface area contributed by atoms with Gasteiger partial charge in [0, 0.05) is 61.6 Å². The van der Waals surface area contributed by atoms with Gasteiger partial charge in [0.25, 0.3) is 5.91 Å². The Hall–Kier alpha value is -3.67. The van der Waals surface area contributed by atoms with Gasteiger partial charge in [-0.2, -0.15) is 5.10 Å². The lowest BCUT2D eigenvalue weighted by atomic mass is 9.68. The van der Waals surface area contributed by atoms with Gasteiger partial charge in [-0.1, -0.05) is 29.8 Å². The molecule has 0 saturated heterocycles. The SMILES string of the molecule is CO[C@H]1/C=C/CCC[S@](=O)(NC(=O)CCc2ccnn2C)=NC(=O)c2ccc3c(c2)N(C[C@@H]2CC[C@H]21)C[C@@]1(CCCc2cc(Cl)ccc21)CO3. The van der Waals surface area contributed by atoms with E-state index in [0.29, 0.717) is 49.0 Å². The van der Waals surface area contributed by atoms with Crippen molar-refractivity contribution in [2.45, 2.75) is 69.3 Å². The molecule has 2 bridgehead atoms. The minimum Gasteiger partial charge on any atom is -0.490 e. The van der Waals surface area contributed by atoms with E-state index in [1.807, 2.05) is 31.3 Å². The van der Waals surface area contributed by atoms with Crippen molar-refractivity contribution in [3.05, 3.63) is 88.2 Å². The minimum atomic E-state index is -3.41. The molecule has 3 aromatic rings. The summed E-state index contributed by atoms with van der Waals surface area (Å²) in [4.78, 5) is 29.4. The summed E-state index contributed by atoms with van der Waals surface area (Å²) in [5.41, 5.74) is 4.32. The Morgan fingerprint density at radius 2 is 2.06 bits per heavy atom. The maximum absolute atomic E-state index is 14.3. The number of aryl methyl sites for hydroxylation is 3. The lowest BCUT2D eigenvalue weighted by Crippen LogP contribution is -2.49. The number of fused-ring (bicyclic) bond motifs is 4. The highest BCUT2D eigenvalue weighted by Gasteiger charge is 2.44. The summed E-state index contributed by atoms with van der Waals surface area (Å²) in [6.07, 6.45) is 12.6. The summed E-state index contributed by atoms with van der Waals surface area (Å²) in [5.74, 6) is 0.477. The number of methoxy groups -OCH3 is 1. The lowest BCUT2D eigenvalue weighted by molar-refractivity contribution is -0.119. The van der Waals surface area contributed by atoms with Gasteiger partial charge in [0.05, 0.1) is 24.2 Å². The second kappa shape index (κ2) is 14.5. The number of halogens is 1. The van der Waals surface area contributed by atoms with Crippen molar-refractivity contribution in [3.63, 3.8) is 0 Å². The van der Waals surface area contributed by atoms with Gasteiger partial charge in [-0.05, 0) is 111 Å².